The normalized spacial score (nSPS) is 10.7. The zero-order chi connectivity index (χ0) is 19.1. The fraction of sp³-hybridized carbons (Fsp3) is 0.222. The molecule has 138 valence electrons. The molecule has 2 rings (SSSR count). The molecule has 0 fully saturated rings. The zero-order valence-electron chi connectivity index (χ0n) is 14.1. The number of nitrogens with zero attached hydrogens (tertiary/aromatic N) is 1. The number of hydrogen-bond acceptors (Lipinski definition) is 3. The van der Waals surface area contributed by atoms with Gasteiger partial charge in [-0.3, -0.25) is 14.5 Å². The number of nitrogens with one attached hydrogen (secondary N) is 2. The van der Waals surface area contributed by atoms with Gasteiger partial charge in [0.2, 0.25) is 11.8 Å². The fourth-order valence-corrected chi connectivity index (χ4v) is 2.37. The third kappa shape index (κ3) is 6.42. The molecule has 0 heterocycles. The van der Waals surface area contributed by atoms with Gasteiger partial charge >= 0.3 is 0 Å². The average molecular weight is 382 g/mol. The predicted molar refractivity (Wildman–Crippen MR) is 97.2 cm³/mol. The van der Waals surface area contributed by atoms with Gasteiger partial charge in [0.25, 0.3) is 0 Å². The molecule has 2 N–H and O–H groups in total. The summed E-state index contributed by atoms with van der Waals surface area (Å²) in [6, 6.07) is 9.91. The summed E-state index contributed by atoms with van der Waals surface area (Å²) in [6.45, 7) is 0.406. The van der Waals surface area contributed by atoms with Gasteiger partial charge in [0.05, 0.1) is 6.54 Å². The minimum atomic E-state index is -1.03. The van der Waals surface area contributed by atoms with Gasteiger partial charge in [0, 0.05) is 35.4 Å². The van der Waals surface area contributed by atoms with Gasteiger partial charge in [-0.2, -0.15) is 0 Å². The number of rotatable bonds is 7. The second kappa shape index (κ2) is 9.26. The molecule has 8 heteroatoms. The Labute approximate surface area is 154 Å². The lowest BCUT2D eigenvalue weighted by Gasteiger charge is -2.16. The Morgan fingerprint density at radius 2 is 1.69 bits per heavy atom. The third-order valence-electron chi connectivity index (χ3n) is 3.45. The Morgan fingerprint density at radius 3 is 2.38 bits per heavy atom. The summed E-state index contributed by atoms with van der Waals surface area (Å²) < 4.78 is 26.0. The van der Waals surface area contributed by atoms with Crippen LogP contribution in [0.15, 0.2) is 42.5 Å². The van der Waals surface area contributed by atoms with Crippen LogP contribution in [0.25, 0.3) is 0 Å². The SMILES string of the molecule is CN(CCC(=O)Nc1ccc(F)c(F)c1)CC(=O)Nc1cccc(Cl)c1. The summed E-state index contributed by atoms with van der Waals surface area (Å²) >= 11 is 5.85. The van der Waals surface area contributed by atoms with E-state index >= 15 is 0 Å². The van der Waals surface area contributed by atoms with Crippen LogP contribution in [0.4, 0.5) is 20.2 Å². The molecule has 0 aliphatic rings. The van der Waals surface area contributed by atoms with Crippen LogP contribution in [0.2, 0.25) is 5.02 Å². The Bertz CT molecular complexity index is 802. The summed E-state index contributed by atoms with van der Waals surface area (Å²) in [5.74, 6) is -2.61. The van der Waals surface area contributed by atoms with Crippen molar-refractivity contribution in [3.63, 3.8) is 0 Å². The molecule has 0 unspecified atom stereocenters. The van der Waals surface area contributed by atoms with Gasteiger partial charge in [-0.05, 0) is 37.4 Å². The molecule has 0 saturated heterocycles. The van der Waals surface area contributed by atoms with Crippen LogP contribution in [0.1, 0.15) is 6.42 Å². The standard InChI is InChI=1S/C18H18ClF2N3O2/c1-24(11-18(26)23-13-4-2-3-12(19)9-13)8-7-17(25)22-14-5-6-15(20)16(21)10-14/h2-6,9-10H,7-8,11H2,1H3,(H,22,25)(H,23,26). The van der Waals surface area contributed by atoms with Crippen molar-refractivity contribution in [3.8, 4) is 0 Å². The number of benzene rings is 2. The smallest absolute Gasteiger partial charge is 0.238 e. The first-order valence-corrected chi connectivity index (χ1v) is 8.20. The number of carbonyl (C=O) groups excluding carboxylic acids is 2. The monoisotopic (exact) mass is 381 g/mol. The van der Waals surface area contributed by atoms with Crippen molar-refractivity contribution in [2.24, 2.45) is 0 Å². The van der Waals surface area contributed by atoms with E-state index in [-0.39, 0.29) is 30.5 Å². The van der Waals surface area contributed by atoms with E-state index in [9.17, 15) is 18.4 Å². The van der Waals surface area contributed by atoms with Gasteiger partial charge in [0.15, 0.2) is 11.6 Å². The highest BCUT2D eigenvalue weighted by atomic mass is 35.5. The van der Waals surface area contributed by atoms with Crippen molar-refractivity contribution in [2.75, 3.05) is 30.8 Å². The quantitative estimate of drug-likeness (QED) is 0.771. The molecular formula is C18H18ClF2N3O2. The van der Waals surface area contributed by atoms with Gasteiger partial charge in [-0.1, -0.05) is 17.7 Å². The maximum absolute atomic E-state index is 13.1. The van der Waals surface area contributed by atoms with Crippen molar-refractivity contribution >= 4 is 34.8 Å². The molecule has 2 aromatic rings. The number of carbonyl (C=O) groups is 2. The number of amides is 2. The second-order valence-corrected chi connectivity index (χ2v) is 6.16. The predicted octanol–water partition coefficient (Wildman–Crippen LogP) is 3.52. The van der Waals surface area contributed by atoms with Crippen LogP contribution in [-0.2, 0) is 9.59 Å². The van der Waals surface area contributed by atoms with Crippen LogP contribution < -0.4 is 10.6 Å². The average Bonchev–Trinajstić information content (AvgIpc) is 2.56. The lowest BCUT2D eigenvalue weighted by atomic mass is 10.3. The largest absolute Gasteiger partial charge is 0.326 e. The molecule has 0 aromatic heterocycles. The minimum Gasteiger partial charge on any atom is -0.326 e. The number of hydrogen-bond donors (Lipinski definition) is 2. The van der Waals surface area contributed by atoms with Gasteiger partial charge in [-0.25, -0.2) is 8.78 Å². The van der Waals surface area contributed by atoms with Crippen LogP contribution in [0.5, 0.6) is 0 Å². The fourth-order valence-electron chi connectivity index (χ4n) is 2.18. The highest BCUT2D eigenvalue weighted by molar-refractivity contribution is 6.30. The first-order chi connectivity index (χ1) is 12.3. The topological polar surface area (TPSA) is 61.4 Å². The third-order valence-corrected chi connectivity index (χ3v) is 3.68. The maximum Gasteiger partial charge on any atom is 0.238 e. The summed E-state index contributed by atoms with van der Waals surface area (Å²) in [5.41, 5.74) is 0.766. The number of likely N-dealkylation sites (N-methyl/N-ethyl adjacent to an activating group) is 1. The van der Waals surface area contributed by atoms with Crippen LogP contribution >= 0.6 is 11.6 Å². The van der Waals surface area contributed by atoms with E-state index in [0.29, 0.717) is 17.3 Å². The molecule has 2 amide bonds. The Morgan fingerprint density at radius 1 is 1.00 bits per heavy atom. The Balaban J connectivity index is 1.75. The van der Waals surface area contributed by atoms with Gasteiger partial charge in [-0.15, -0.1) is 0 Å². The first-order valence-electron chi connectivity index (χ1n) is 7.82. The van der Waals surface area contributed by atoms with Crippen LogP contribution in [0.3, 0.4) is 0 Å². The van der Waals surface area contributed by atoms with Crippen molar-refractivity contribution in [2.45, 2.75) is 6.42 Å². The molecule has 0 radical (unpaired) electrons. The van der Waals surface area contributed by atoms with E-state index < -0.39 is 11.6 Å². The second-order valence-electron chi connectivity index (χ2n) is 5.72. The van der Waals surface area contributed by atoms with Crippen molar-refractivity contribution < 1.29 is 18.4 Å². The molecule has 2 aromatic carbocycles. The van der Waals surface area contributed by atoms with Gasteiger partial charge in [0.1, 0.15) is 0 Å². The van der Waals surface area contributed by atoms with E-state index in [0.717, 1.165) is 12.1 Å². The van der Waals surface area contributed by atoms with Crippen molar-refractivity contribution in [1.82, 2.24) is 4.90 Å². The molecular weight excluding hydrogens is 364 g/mol. The van der Waals surface area contributed by atoms with Crippen LogP contribution in [0, 0.1) is 11.6 Å². The van der Waals surface area contributed by atoms with Crippen LogP contribution in [-0.4, -0.2) is 36.9 Å². The van der Waals surface area contributed by atoms with Crippen molar-refractivity contribution in [1.29, 1.82) is 0 Å². The Hall–Kier alpha value is -2.51. The molecule has 0 atom stereocenters. The summed E-state index contributed by atoms with van der Waals surface area (Å²) in [7, 11) is 1.70. The van der Waals surface area contributed by atoms with E-state index in [4.69, 9.17) is 11.6 Å². The van der Waals surface area contributed by atoms with E-state index in [1.807, 2.05) is 0 Å². The maximum atomic E-state index is 13.1. The van der Waals surface area contributed by atoms with Crippen molar-refractivity contribution in [3.05, 3.63) is 59.1 Å². The molecule has 0 aliphatic carbocycles. The summed E-state index contributed by atoms with van der Waals surface area (Å²) in [4.78, 5) is 25.5. The molecule has 0 aliphatic heterocycles. The number of anilines is 2. The first kappa shape index (κ1) is 19.8. The minimum absolute atomic E-state index is 0.0883. The highest BCUT2D eigenvalue weighted by Gasteiger charge is 2.10. The molecule has 26 heavy (non-hydrogen) atoms. The van der Waals surface area contributed by atoms with E-state index in [2.05, 4.69) is 10.6 Å². The lowest BCUT2D eigenvalue weighted by Crippen LogP contribution is -2.32. The van der Waals surface area contributed by atoms with E-state index in [1.165, 1.54) is 6.07 Å². The molecule has 0 saturated carbocycles. The molecule has 0 spiro atoms. The summed E-state index contributed by atoms with van der Waals surface area (Å²) in [5, 5.41) is 5.71. The lowest BCUT2D eigenvalue weighted by molar-refractivity contribution is -0.119. The van der Waals surface area contributed by atoms with Gasteiger partial charge < -0.3 is 10.6 Å². The molecule has 0 bridgehead atoms. The zero-order valence-corrected chi connectivity index (χ0v) is 14.8. The highest BCUT2D eigenvalue weighted by Crippen LogP contribution is 2.15. The number of halogens is 3. The Kier molecular flexibility index (Phi) is 7.06. The molecule has 5 nitrogen and oxygen atoms in total. The van der Waals surface area contributed by atoms with E-state index in [1.54, 1.807) is 36.2 Å². The summed E-state index contributed by atoms with van der Waals surface area (Å²) in [6.07, 6.45) is 0.0972.